The number of carbonyl (C=O) groups excluding carboxylic acids is 2. The molecule has 0 saturated heterocycles. The first-order chi connectivity index (χ1) is 11.4. The van der Waals surface area contributed by atoms with Crippen molar-refractivity contribution in [1.29, 1.82) is 0 Å². The minimum absolute atomic E-state index is 0.0190. The molecule has 126 valence electrons. The lowest BCUT2D eigenvalue weighted by atomic mass is 10.1. The Bertz CT molecular complexity index is 744. The molecule has 2 amide bonds. The Morgan fingerprint density at radius 3 is 2.46 bits per heavy atom. The van der Waals surface area contributed by atoms with Gasteiger partial charge >= 0.3 is 0 Å². The van der Waals surface area contributed by atoms with Crippen LogP contribution >= 0.6 is 22.6 Å². The van der Waals surface area contributed by atoms with E-state index < -0.39 is 0 Å². The second-order valence-corrected chi connectivity index (χ2v) is 6.45. The average molecular weight is 438 g/mol. The van der Waals surface area contributed by atoms with E-state index in [9.17, 15) is 9.59 Å². The highest BCUT2D eigenvalue weighted by atomic mass is 127. The molecule has 2 rings (SSSR count). The molecule has 0 aliphatic rings. The SMILES string of the molecule is COc1ccc(NC(=O)CN(C)C(=O)c2cccc(C)c2I)cc1. The van der Waals surface area contributed by atoms with Gasteiger partial charge in [-0.05, 0) is 65.4 Å². The van der Waals surface area contributed by atoms with E-state index in [0.717, 1.165) is 9.13 Å². The molecule has 0 fully saturated rings. The molecule has 0 atom stereocenters. The number of rotatable bonds is 5. The largest absolute Gasteiger partial charge is 0.497 e. The Labute approximate surface area is 155 Å². The zero-order chi connectivity index (χ0) is 17.7. The smallest absolute Gasteiger partial charge is 0.255 e. The molecular weight excluding hydrogens is 419 g/mol. The summed E-state index contributed by atoms with van der Waals surface area (Å²) in [4.78, 5) is 26.1. The molecule has 0 bridgehead atoms. The van der Waals surface area contributed by atoms with Gasteiger partial charge in [-0.1, -0.05) is 12.1 Å². The first-order valence-electron chi connectivity index (χ1n) is 7.37. The molecule has 1 N–H and O–H groups in total. The van der Waals surface area contributed by atoms with Crippen molar-refractivity contribution in [3.63, 3.8) is 0 Å². The van der Waals surface area contributed by atoms with Gasteiger partial charge in [0.05, 0.1) is 19.2 Å². The van der Waals surface area contributed by atoms with Crippen LogP contribution in [0.25, 0.3) is 0 Å². The summed E-state index contributed by atoms with van der Waals surface area (Å²) in [7, 11) is 3.20. The molecule has 0 heterocycles. The summed E-state index contributed by atoms with van der Waals surface area (Å²) in [5.41, 5.74) is 2.31. The molecule has 2 aromatic rings. The van der Waals surface area contributed by atoms with Crippen molar-refractivity contribution in [3.05, 3.63) is 57.2 Å². The Kier molecular flexibility index (Phi) is 6.19. The van der Waals surface area contributed by atoms with Crippen molar-refractivity contribution in [2.75, 3.05) is 26.0 Å². The summed E-state index contributed by atoms with van der Waals surface area (Å²) in [6.07, 6.45) is 0. The molecule has 0 radical (unpaired) electrons. The number of halogens is 1. The number of aryl methyl sites for hydroxylation is 1. The van der Waals surface area contributed by atoms with Crippen LogP contribution in [-0.4, -0.2) is 37.4 Å². The number of ether oxygens (including phenoxy) is 1. The van der Waals surface area contributed by atoms with E-state index in [1.54, 1.807) is 44.5 Å². The van der Waals surface area contributed by atoms with E-state index in [4.69, 9.17) is 4.74 Å². The lowest BCUT2D eigenvalue weighted by molar-refractivity contribution is -0.116. The Morgan fingerprint density at radius 2 is 1.83 bits per heavy atom. The van der Waals surface area contributed by atoms with Crippen molar-refractivity contribution < 1.29 is 14.3 Å². The minimum Gasteiger partial charge on any atom is -0.497 e. The van der Waals surface area contributed by atoms with Crippen molar-refractivity contribution in [2.45, 2.75) is 6.92 Å². The average Bonchev–Trinajstić information content (AvgIpc) is 2.57. The van der Waals surface area contributed by atoms with Crippen molar-refractivity contribution in [3.8, 4) is 5.75 Å². The third-order valence-electron chi connectivity index (χ3n) is 3.52. The fraction of sp³-hybridized carbons (Fsp3) is 0.222. The predicted octanol–water partition coefficient (Wildman–Crippen LogP) is 3.32. The number of likely N-dealkylation sites (N-methyl/N-ethyl adjacent to an activating group) is 1. The summed E-state index contributed by atoms with van der Waals surface area (Å²) in [5, 5.41) is 2.77. The van der Waals surface area contributed by atoms with Gasteiger partial charge in [0.25, 0.3) is 5.91 Å². The highest BCUT2D eigenvalue weighted by Gasteiger charge is 2.18. The van der Waals surface area contributed by atoms with Crippen LogP contribution in [0, 0.1) is 10.5 Å². The Morgan fingerprint density at radius 1 is 1.17 bits per heavy atom. The maximum Gasteiger partial charge on any atom is 0.255 e. The van der Waals surface area contributed by atoms with E-state index in [1.165, 1.54) is 4.90 Å². The summed E-state index contributed by atoms with van der Waals surface area (Å²) in [6.45, 7) is 1.93. The van der Waals surface area contributed by atoms with Gasteiger partial charge in [-0.25, -0.2) is 0 Å². The lowest BCUT2D eigenvalue weighted by Gasteiger charge is -2.18. The Balaban J connectivity index is 2.00. The van der Waals surface area contributed by atoms with Gasteiger partial charge in [0, 0.05) is 16.3 Å². The zero-order valence-electron chi connectivity index (χ0n) is 13.8. The number of methoxy groups -OCH3 is 1. The first-order valence-corrected chi connectivity index (χ1v) is 8.44. The molecule has 6 heteroatoms. The van der Waals surface area contributed by atoms with Gasteiger partial charge in [-0.15, -0.1) is 0 Å². The maximum absolute atomic E-state index is 12.5. The van der Waals surface area contributed by atoms with Crippen LogP contribution < -0.4 is 10.1 Å². The minimum atomic E-state index is -0.251. The molecule has 0 unspecified atom stereocenters. The number of hydrogen-bond donors (Lipinski definition) is 1. The summed E-state index contributed by atoms with van der Waals surface area (Å²) in [5.74, 6) is 0.293. The molecule has 5 nitrogen and oxygen atoms in total. The highest BCUT2D eigenvalue weighted by Crippen LogP contribution is 2.18. The molecule has 0 spiro atoms. The van der Waals surface area contributed by atoms with Gasteiger partial charge in [0.1, 0.15) is 5.75 Å². The van der Waals surface area contributed by atoms with Crippen LogP contribution in [0.3, 0.4) is 0 Å². The van der Waals surface area contributed by atoms with E-state index in [-0.39, 0.29) is 18.4 Å². The van der Waals surface area contributed by atoms with Crippen molar-refractivity contribution >= 4 is 40.1 Å². The van der Waals surface area contributed by atoms with Crippen LogP contribution in [0.15, 0.2) is 42.5 Å². The molecule has 0 aliphatic carbocycles. The second kappa shape index (κ2) is 8.14. The van der Waals surface area contributed by atoms with Gasteiger partial charge in [0.15, 0.2) is 0 Å². The molecule has 24 heavy (non-hydrogen) atoms. The zero-order valence-corrected chi connectivity index (χ0v) is 16.0. The van der Waals surface area contributed by atoms with Crippen molar-refractivity contribution in [2.24, 2.45) is 0 Å². The molecular formula is C18H19IN2O3. The Hall–Kier alpha value is -2.09. The number of amides is 2. The first kappa shape index (κ1) is 18.3. The van der Waals surface area contributed by atoms with Crippen LogP contribution in [-0.2, 0) is 4.79 Å². The third-order valence-corrected chi connectivity index (χ3v) is 4.96. The van der Waals surface area contributed by atoms with E-state index >= 15 is 0 Å². The number of hydrogen-bond acceptors (Lipinski definition) is 3. The van der Waals surface area contributed by atoms with E-state index in [1.807, 2.05) is 19.1 Å². The fourth-order valence-electron chi connectivity index (χ4n) is 2.18. The van der Waals surface area contributed by atoms with Crippen LogP contribution in [0.4, 0.5) is 5.69 Å². The van der Waals surface area contributed by atoms with Gasteiger partial charge in [-0.2, -0.15) is 0 Å². The topological polar surface area (TPSA) is 58.6 Å². The highest BCUT2D eigenvalue weighted by molar-refractivity contribution is 14.1. The van der Waals surface area contributed by atoms with Gasteiger partial charge in [0.2, 0.25) is 5.91 Å². The van der Waals surface area contributed by atoms with Gasteiger partial charge < -0.3 is 15.0 Å². The van der Waals surface area contributed by atoms with E-state index in [2.05, 4.69) is 27.9 Å². The quantitative estimate of drug-likeness (QED) is 0.729. The summed E-state index contributed by atoms with van der Waals surface area (Å²) >= 11 is 2.15. The molecule has 0 saturated carbocycles. The summed E-state index contributed by atoms with van der Waals surface area (Å²) < 4.78 is 5.98. The predicted molar refractivity (Wildman–Crippen MR) is 102 cm³/mol. The number of nitrogens with one attached hydrogen (secondary N) is 1. The number of benzene rings is 2. The monoisotopic (exact) mass is 438 g/mol. The van der Waals surface area contributed by atoms with Crippen LogP contribution in [0.5, 0.6) is 5.75 Å². The van der Waals surface area contributed by atoms with Crippen molar-refractivity contribution in [1.82, 2.24) is 4.90 Å². The maximum atomic E-state index is 12.5. The molecule has 0 aliphatic heterocycles. The van der Waals surface area contributed by atoms with Crippen LogP contribution in [0.2, 0.25) is 0 Å². The molecule has 0 aromatic heterocycles. The third kappa shape index (κ3) is 4.47. The normalized spacial score (nSPS) is 10.2. The van der Waals surface area contributed by atoms with Gasteiger partial charge in [-0.3, -0.25) is 9.59 Å². The number of nitrogens with zero attached hydrogens (tertiary/aromatic N) is 1. The lowest BCUT2D eigenvalue weighted by Crippen LogP contribution is -2.35. The molecule has 2 aromatic carbocycles. The standard InChI is InChI=1S/C18H19IN2O3/c1-12-5-4-6-15(17(12)19)18(23)21(2)11-16(22)20-13-7-9-14(24-3)10-8-13/h4-10H,11H2,1-3H3,(H,20,22). The fourth-order valence-corrected chi connectivity index (χ4v) is 2.77. The van der Waals surface area contributed by atoms with Crippen LogP contribution in [0.1, 0.15) is 15.9 Å². The second-order valence-electron chi connectivity index (χ2n) is 5.37. The summed E-state index contributed by atoms with van der Waals surface area (Å²) in [6, 6.07) is 12.6. The number of carbonyl (C=O) groups is 2. The van der Waals surface area contributed by atoms with E-state index in [0.29, 0.717) is 17.0 Å². The number of anilines is 1.